The Kier molecular flexibility index (Phi) is 3.14. The summed E-state index contributed by atoms with van der Waals surface area (Å²) >= 11 is 0. The molecule has 2 amide bonds. The Morgan fingerprint density at radius 1 is 1.27 bits per heavy atom. The minimum atomic E-state index is 0.247. The van der Waals surface area contributed by atoms with Crippen molar-refractivity contribution in [2.24, 2.45) is 0 Å². The summed E-state index contributed by atoms with van der Waals surface area (Å²) in [6.07, 6.45) is 2.22. The van der Waals surface area contributed by atoms with E-state index in [1.807, 2.05) is 4.90 Å². The summed E-state index contributed by atoms with van der Waals surface area (Å²) in [4.78, 5) is 16.1. The van der Waals surface area contributed by atoms with Crippen molar-refractivity contribution in [3.8, 4) is 0 Å². The maximum absolute atomic E-state index is 12.1. The average molecular weight is 211 g/mol. The fraction of sp³-hybridized carbons (Fsp3) is 0.909. The molecule has 0 radical (unpaired) electrons. The van der Waals surface area contributed by atoms with Gasteiger partial charge >= 0.3 is 6.03 Å². The summed E-state index contributed by atoms with van der Waals surface area (Å²) in [6, 6.07) is 1.06. The normalized spacial score (nSPS) is 24.3. The SMILES string of the molecule is CC(C)N1CCN(C2CCNCC2)C1=O. The van der Waals surface area contributed by atoms with Gasteiger partial charge in [-0.25, -0.2) is 4.79 Å². The van der Waals surface area contributed by atoms with Gasteiger partial charge in [0.15, 0.2) is 0 Å². The zero-order valence-electron chi connectivity index (χ0n) is 9.70. The van der Waals surface area contributed by atoms with Crippen molar-refractivity contribution in [3.05, 3.63) is 0 Å². The number of nitrogens with one attached hydrogen (secondary N) is 1. The number of urea groups is 1. The Hall–Kier alpha value is -0.770. The number of piperidine rings is 1. The molecule has 0 aromatic heterocycles. The molecule has 0 aliphatic carbocycles. The molecule has 0 aromatic rings. The molecule has 2 saturated heterocycles. The van der Waals surface area contributed by atoms with E-state index in [1.165, 1.54) is 0 Å². The summed E-state index contributed by atoms with van der Waals surface area (Å²) in [7, 11) is 0. The van der Waals surface area contributed by atoms with E-state index >= 15 is 0 Å². The van der Waals surface area contributed by atoms with Crippen LogP contribution in [0.5, 0.6) is 0 Å². The number of hydrogen-bond donors (Lipinski definition) is 1. The lowest BCUT2D eigenvalue weighted by Gasteiger charge is -2.31. The van der Waals surface area contributed by atoms with Gasteiger partial charge in [0.25, 0.3) is 0 Å². The maximum atomic E-state index is 12.1. The number of nitrogens with zero attached hydrogens (tertiary/aromatic N) is 2. The Morgan fingerprint density at radius 3 is 2.47 bits per heavy atom. The second-order valence-electron chi connectivity index (χ2n) is 4.74. The average Bonchev–Trinajstić information content (AvgIpc) is 2.61. The summed E-state index contributed by atoms with van der Waals surface area (Å²) in [5, 5.41) is 3.34. The highest BCUT2D eigenvalue weighted by molar-refractivity contribution is 5.77. The van der Waals surface area contributed by atoms with E-state index in [0.717, 1.165) is 39.0 Å². The van der Waals surface area contributed by atoms with Crippen molar-refractivity contribution in [1.29, 1.82) is 0 Å². The van der Waals surface area contributed by atoms with E-state index in [-0.39, 0.29) is 6.03 Å². The Labute approximate surface area is 91.6 Å². The van der Waals surface area contributed by atoms with Crippen LogP contribution >= 0.6 is 0 Å². The quantitative estimate of drug-likeness (QED) is 0.736. The first-order valence-corrected chi connectivity index (χ1v) is 5.98. The fourth-order valence-electron chi connectivity index (χ4n) is 2.51. The molecule has 2 aliphatic rings. The molecule has 0 atom stereocenters. The van der Waals surface area contributed by atoms with Gasteiger partial charge in [-0.05, 0) is 39.8 Å². The lowest BCUT2D eigenvalue weighted by Crippen LogP contribution is -2.46. The minimum absolute atomic E-state index is 0.247. The van der Waals surface area contributed by atoms with Gasteiger partial charge < -0.3 is 15.1 Å². The molecule has 1 N–H and O–H groups in total. The zero-order chi connectivity index (χ0) is 10.8. The van der Waals surface area contributed by atoms with Gasteiger partial charge in [0.05, 0.1) is 0 Å². The van der Waals surface area contributed by atoms with Crippen molar-refractivity contribution in [2.45, 2.75) is 38.8 Å². The van der Waals surface area contributed by atoms with Crippen LogP contribution < -0.4 is 5.32 Å². The van der Waals surface area contributed by atoms with Crippen LogP contribution in [0.4, 0.5) is 4.79 Å². The number of hydrogen-bond acceptors (Lipinski definition) is 2. The standard InChI is InChI=1S/C11H21N3O/c1-9(2)13-7-8-14(11(13)15)10-3-5-12-6-4-10/h9-10,12H,3-8H2,1-2H3. The van der Waals surface area contributed by atoms with Crippen LogP contribution in [0.3, 0.4) is 0 Å². The van der Waals surface area contributed by atoms with Crippen molar-refractivity contribution in [1.82, 2.24) is 15.1 Å². The largest absolute Gasteiger partial charge is 0.320 e. The first-order chi connectivity index (χ1) is 7.20. The molecule has 0 aromatic carbocycles. The van der Waals surface area contributed by atoms with Gasteiger partial charge in [0.1, 0.15) is 0 Å². The Morgan fingerprint density at radius 2 is 1.93 bits per heavy atom. The highest BCUT2D eigenvalue weighted by Crippen LogP contribution is 2.19. The molecule has 2 rings (SSSR count). The molecule has 2 aliphatic heterocycles. The van der Waals surface area contributed by atoms with Crippen LogP contribution in [0, 0.1) is 0 Å². The molecule has 15 heavy (non-hydrogen) atoms. The zero-order valence-corrected chi connectivity index (χ0v) is 9.70. The number of carbonyl (C=O) groups is 1. The second kappa shape index (κ2) is 4.39. The molecule has 0 spiro atoms. The molecule has 0 unspecified atom stereocenters. The van der Waals surface area contributed by atoms with Crippen LogP contribution in [-0.4, -0.2) is 54.1 Å². The summed E-state index contributed by atoms with van der Waals surface area (Å²) in [6.45, 7) is 8.10. The summed E-state index contributed by atoms with van der Waals surface area (Å²) in [5.41, 5.74) is 0. The maximum Gasteiger partial charge on any atom is 0.320 e. The molecular weight excluding hydrogens is 190 g/mol. The minimum Gasteiger partial charge on any atom is -0.320 e. The van der Waals surface area contributed by atoms with E-state index in [1.54, 1.807) is 0 Å². The molecule has 0 saturated carbocycles. The predicted molar refractivity (Wildman–Crippen MR) is 59.8 cm³/mol. The van der Waals surface area contributed by atoms with Crippen molar-refractivity contribution in [3.63, 3.8) is 0 Å². The van der Waals surface area contributed by atoms with Gasteiger partial charge in [0.2, 0.25) is 0 Å². The van der Waals surface area contributed by atoms with E-state index in [0.29, 0.717) is 12.1 Å². The smallest absolute Gasteiger partial charge is 0.320 e. The third-order valence-corrected chi connectivity index (χ3v) is 3.45. The Balaban J connectivity index is 1.96. The number of amides is 2. The van der Waals surface area contributed by atoms with Crippen LogP contribution in [0.2, 0.25) is 0 Å². The molecule has 2 fully saturated rings. The molecule has 4 nitrogen and oxygen atoms in total. The van der Waals surface area contributed by atoms with Crippen LogP contribution in [-0.2, 0) is 0 Å². The lowest BCUT2D eigenvalue weighted by atomic mass is 10.1. The highest BCUT2D eigenvalue weighted by atomic mass is 16.2. The van der Waals surface area contributed by atoms with Gasteiger partial charge in [-0.3, -0.25) is 0 Å². The van der Waals surface area contributed by atoms with Gasteiger partial charge in [0, 0.05) is 25.2 Å². The summed E-state index contributed by atoms with van der Waals surface area (Å²) in [5.74, 6) is 0. The van der Waals surface area contributed by atoms with Gasteiger partial charge in [-0.2, -0.15) is 0 Å². The van der Waals surface area contributed by atoms with Crippen molar-refractivity contribution < 1.29 is 4.79 Å². The first kappa shape index (κ1) is 10.7. The third-order valence-electron chi connectivity index (χ3n) is 3.45. The lowest BCUT2D eigenvalue weighted by molar-refractivity contribution is 0.160. The van der Waals surface area contributed by atoms with Gasteiger partial charge in [-0.1, -0.05) is 0 Å². The van der Waals surface area contributed by atoms with Gasteiger partial charge in [-0.15, -0.1) is 0 Å². The highest BCUT2D eigenvalue weighted by Gasteiger charge is 2.34. The van der Waals surface area contributed by atoms with E-state index < -0.39 is 0 Å². The van der Waals surface area contributed by atoms with Crippen molar-refractivity contribution in [2.75, 3.05) is 26.2 Å². The van der Waals surface area contributed by atoms with Crippen LogP contribution in [0.1, 0.15) is 26.7 Å². The molecule has 0 bridgehead atoms. The molecular formula is C11H21N3O. The topological polar surface area (TPSA) is 35.6 Å². The monoisotopic (exact) mass is 211 g/mol. The summed E-state index contributed by atoms with van der Waals surface area (Å²) < 4.78 is 0. The number of rotatable bonds is 2. The van der Waals surface area contributed by atoms with E-state index in [9.17, 15) is 4.79 Å². The Bertz CT molecular complexity index is 236. The van der Waals surface area contributed by atoms with E-state index in [4.69, 9.17) is 0 Å². The first-order valence-electron chi connectivity index (χ1n) is 5.98. The van der Waals surface area contributed by atoms with Crippen LogP contribution in [0.25, 0.3) is 0 Å². The van der Waals surface area contributed by atoms with Crippen molar-refractivity contribution >= 4 is 6.03 Å². The fourth-order valence-corrected chi connectivity index (χ4v) is 2.51. The third kappa shape index (κ3) is 2.09. The van der Waals surface area contributed by atoms with Crippen LogP contribution in [0.15, 0.2) is 0 Å². The molecule has 2 heterocycles. The van der Waals surface area contributed by atoms with E-state index in [2.05, 4.69) is 24.1 Å². The molecule has 86 valence electrons. The molecule has 4 heteroatoms. The number of carbonyl (C=O) groups excluding carboxylic acids is 1. The predicted octanol–water partition coefficient (Wildman–Crippen LogP) is 0.884. The second-order valence-corrected chi connectivity index (χ2v) is 4.74.